The molecule has 0 spiro atoms. The molecule has 3 nitrogen and oxygen atoms in total. The van der Waals surface area contributed by atoms with Crippen LogP contribution in [-0.4, -0.2) is 36.0 Å². The third kappa shape index (κ3) is 1.65. The zero-order valence-corrected chi connectivity index (χ0v) is 9.12. The Morgan fingerprint density at radius 2 is 1.79 bits per heavy atom. The Balaban J connectivity index is 2.01. The maximum atomic E-state index is 12.1. The first kappa shape index (κ1) is 9.97. The standard InChI is InChI=1S/C11H20N2O/c1-8-4-3-5-9(2)13(8)11(14)10-6-12-7-10/h8-10,12H,3-7H2,1-2H3/t8-,9+. The van der Waals surface area contributed by atoms with Crippen molar-refractivity contribution in [2.45, 2.75) is 45.2 Å². The minimum absolute atomic E-state index is 0.262. The average Bonchev–Trinajstić information content (AvgIpc) is 2.00. The Morgan fingerprint density at radius 3 is 2.21 bits per heavy atom. The topological polar surface area (TPSA) is 32.3 Å². The van der Waals surface area contributed by atoms with Gasteiger partial charge in [0, 0.05) is 25.2 Å². The summed E-state index contributed by atoms with van der Waals surface area (Å²) in [5, 5.41) is 3.16. The number of likely N-dealkylation sites (tertiary alicyclic amines) is 1. The highest BCUT2D eigenvalue weighted by Gasteiger charge is 2.35. The molecule has 0 bridgehead atoms. The quantitative estimate of drug-likeness (QED) is 0.678. The Labute approximate surface area is 85.8 Å². The number of nitrogens with zero attached hydrogens (tertiary/aromatic N) is 1. The zero-order chi connectivity index (χ0) is 10.1. The molecule has 2 saturated heterocycles. The SMILES string of the molecule is C[C@@H]1CCC[C@H](C)N1C(=O)C1CNC1. The molecule has 0 aromatic carbocycles. The van der Waals surface area contributed by atoms with Gasteiger partial charge in [-0.05, 0) is 33.1 Å². The van der Waals surface area contributed by atoms with Gasteiger partial charge in [-0.25, -0.2) is 0 Å². The molecule has 2 aliphatic rings. The van der Waals surface area contributed by atoms with Gasteiger partial charge in [0.25, 0.3) is 0 Å². The molecule has 0 saturated carbocycles. The number of hydrogen-bond acceptors (Lipinski definition) is 2. The summed E-state index contributed by atoms with van der Waals surface area (Å²) in [5.74, 6) is 0.640. The van der Waals surface area contributed by atoms with Crippen LogP contribution < -0.4 is 5.32 Å². The fourth-order valence-corrected chi connectivity index (χ4v) is 2.53. The van der Waals surface area contributed by atoms with Crippen molar-refractivity contribution >= 4 is 5.91 Å². The van der Waals surface area contributed by atoms with Crippen molar-refractivity contribution in [1.29, 1.82) is 0 Å². The van der Waals surface area contributed by atoms with Crippen molar-refractivity contribution in [3.63, 3.8) is 0 Å². The maximum Gasteiger partial charge on any atom is 0.228 e. The molecular weight excluding hydrogens is 176 g/mol. The zero-order valence-electron chi connectivity index (χ0n) is 9.12. The molecule has 0 aromatic heterocycles. The monoisotopic (exact) mass is 196 g/mol. The number of rotatable bonds is 1. The second-order valence-electron chi connectivity index (χ2n) is 4.73. The van der Waals surface area contributed by atoms with Gasteiger partial charge in [0.2, 0.25) is 5.91 Å². The molecule has 2 aliphatic heterocycles. The number of piperidine rings is 1. The summed E-state index contributed by atoms with van der Waals surface area (Å²) >= 11 is 0. The van der Waals surface area contributed by atoms with Gasteiger partial charge in [0.05, 0.1) is 5.92 Å². The molecule has 14 heavy (non-hydrogen) atoms. The summed E-state index contributed by atoms with van der Waals surface area (Å²) in [4.78, 5) is 14.2. The van der Waals surface area contributed by atoms with Gasteiger partial charge < -0.3 is 10.2 Å². The van der Waals surface area contributed by atoms with E-state index in [1.165, 1.54) is 19.3 Å². The summed E-state index contributed by atoms with van der Waals surface area (Å²) in [6.45, 7) is 6.13. The van der Waals surface area contributed by atoms with Crippen LogP contribution in [0.5, 0.6) is 0 Å². The molecular formula is C11H20N2O. The smallest absolute Gasteiger partial charge is 0.228 e. The molecule has 1 N–H and O–H groups in total. The van der Waals surface area contributed by atoms with E-state index >= 15 is 0 Å². The lowest BCUT2D eigenvalue weighted by Crippen LogP contribution is -2.57. The summed E-state index contributed by atoms with van der Waals surface area (Å²) in [6, 6.07) is 0.902. The number of hydrogen-bond donors (Lipinski definition) is 1. The van der Waals surface area contributed by atoms with E-state index in [2.05, 4.69) is 24.1 Å². The highest BCUT2D eigenvalue weighted by Crippen LogP contribution is 2.25. The maximum absolute atomic E-state index is 12.1. The van der Waals surface area contributed by atoms with E-state index in [1.807, 2.05) is 0 Å². The molecule has 3 heteroatoms. The van der Waals surface area contributed by atoms with Crippen molar-refractivity contribution in [1.82, 2.24) is 10.2 Å². The van der Waals surface area contributed by atoms with Crippen LogP contribution in [0.3, 0.4) is 0 Å². The van der Waals surface area contributed by atoms with E-state index in [4.69, 9.17) is 0 Å². The lowest BCUT2D eigenvalue weighted by atomic mass is 9.93. The fourth-order valence-electron chi connectivity index (χ4n) is 2.53. The third-order valence-electron chi connectivity index (χ3n) is 3.58. The predicted octanol–water partition coefficient (Wildman–Crippen LogP) is 0.995. The van der Waals surface area contributed by atoms with Crippen LogP contribution in [0.2, 0.25) is 0 Å². The largest absolute Gasteiger partial charge is 0.337 e. The molecule has 2 atom stereocenters. The highest BCUT2D eigenvalue weighted by molar-refractivity contribution is 5.80. The molecule has 0 aromatic rings. The van der Waals surface area contributed by atoms with Crippen molar-refractivity contribution in [3.8, 4) is 0 Å². The van der Waals surface area contributed by atoms with Crippen molar-refractivity contribution in [3.05, 3.63) is 0 Å². The van der Waals surface area contributed by atoms with E-state index in [9.17, 15) is 4.79 Å². The summed E-state index contributed by atoms with van der Waals surface area (Å²) in [7, 11) is 0. The third-order valence-corrected chi connectivity index (χ3v) is 3.58. The molecule has 2 fully saturated rings. The Hall–Kier alpha value is -0.570. The minimum Gasteiger partial charge on any atom is -0.337 e. The van der Waals surface area contributed by atoms with Crippen LogP contribution >= 0.6 is 0 Å². The molecule has 2 rings (SSSR count). The summed E-state index contributed by atoms with van der Waals surface area (Å²) in [5.41, 5.74) is 0. The first-order chi connectivity index (χ1) is 6.70. The second kappa shape index (κ2) is 3.89. The van der Waals surface area contributed by atoms with Crippen LogP contribution in [0.4, 0.5) is 0 Å². The van der Waals surface area contributed by atoms with Crippen LogP contribution in [0.25, 0.3) is 0 Å². The first-order valence-corrected chi connectivity index (χ1v) is 5.73. The lowest BCUT2D eigenvalue weighted by Gasteiger charge is -2.42. The normalized spacial score (nSPS) is 34.0. The Kier molecular flexibility index (Phi) is 2.77. The van der Waals surface area contributed by atoms with Gasteiger partial charge >= 0.3 is 0 Å². The molecule has 0 aliphatic carbocycles. The van der Waals surface area contributed by atoms with E-state index in [0.717, 1.165) is 13.1 Å². The minimum atomic E-state index is 0.262. The Morgan fingerprint density at radius 1 is 1.21 bits per heavy atom. The van der Waals surface area contributed by atoms with E-state index in [-0.39, 0.29) is 5.92 Å². The van der Waals surface area contributed by atoms with Crippen LogP contribution in [0.15, 0.2) is 0 Å². The summed E-state index contributed by atoms with van der Waals surface area (Å²) < 4.78 is 0. The van der Waals surface area contributed by atoms with Crippen molar-refractivity contribution in [2.24, 2.45) is 5.92 Å². The fraction of sp³-hybridized carbons (Fsp3) is 0.909. The average molecular weight is 196 g/mol. The van der Waals surface area contributed by atoms with Crippen LogP contribution in [0.1, 0.15) is 33.1 Å². The van der Waals surface area contributed by atoms with Gasteiger partial charge in [-0.3, -0.25) is 4.79 Å². The van der Waals surface area contributed by atoms with E-state index in [1.54, 1.807) is 0 Å². The van der Waals surface area contributed by atoms with Crippen molar-refractivity contribution in [2.75, 3.05) is 13.1 Å². The van der Waals surface area contributed by atoms with Gasteiger partial charge in [-0.2, -0.15) is 0 Å². The molecule has 80 valence electrons. The number of carbonyl (C=O) groups is 1. The van der Waals surface area contributed by atoms with Crippen LogP contribution in [0, 0.1) is 5.92 Å². The molecule has 2 heterocycles. The highest BCUT2D eigenvalue weighted by atomic mass is 16.2. The van der Waals surface area contributed by atoms with Crippen LogP contribution in [-0.2, 0) is 4.79 Å². The second-order valence-corrected chi connectivity index (χ2v) is 4.73. The number of nitrogens with one attached hydrogen (secondary N) is 1. The van der Waals surface area contributed by atoms with E-state index < -0.39 is 0 Å². The molecule has 1 amide bonds. The predicted molar refractivity (Wildman–Crippen MR) is 56.0 cm³/mol. The lowest BCUT2D eigenvalue weighted by molar-refractivity contribution is -0.143. The molecule has 0 radical (unpaired) electrons. The van der Waals surface area contributed by atoms with Gasteiger partial charge in [-0.15, -0.1) is 0 Å². The number of amides is 1. The summed E-state index contributed by atoms with van der Waals surface area (Å²) in [6.07, 6.45) is 3.63. The van der Waals surface area contributed by atoms with E-state index in [0.29, 0.717) is 18.0 Å². The van der Waals surface area contributed by atoms with Gasteiger partial charge in [0.1, 0.15) is 0 Å². The van der Waals surface area contributed by atoms with Crippen molar-refractivity contribution < 1.29 is 4.79 Å². The van der Waals surface area contributed by atoms with Gasteiger partial charge in [0.15, 0.2) is 0 Å². The molecule has 0 unspecified atom stereocenters. The Bertz CT molecular complexity index is 215. The van der Waals surface area contributed by atoms with Gasteiger partial charge in [-0.1, -0.05) is 0 Å². The first-order valence-electron chi connectivity index (χ1n) is 5.73. The number of carbonyl (C=O) groups excluding carboxylic acids is 1.